The van der Waals surface area contributed by atoms with Gasteiger partial charge in [-0.25, -0.2) is 4.68 Å². The summed E-state index contributed by atoms with van der Waals surface area (Å²) in [5.41, 5.74) is 2.24. The van der Waals surface area contributed by atoms with E-state index in [1.165, 1.54) is 5.56 Å². The topological polar surface area (TPSA) is 27.1 Å². The summed E-state index contributed by atoms with van der Waals surface area (Å²) in [7, 11) is 1.64. The second-order valence-electron chi connectivity index (χ2n) is 3.09. The van der Waals surface area contributed by atoms with Crippen LogP contribution in [-0.2, 0) is 5.33 Å². The number of halogens is 1. The average Bonchev–Trinajstić information content (AvgIpc) is 2.77. The van der Waals surface area contributed by atoms with Crippen LogP contribution in [0.3, 0.4) is 0 Å². The molecule has 0 spiro atoms. The third kappa shape index (κ3) is 2.04. The van der Waals surface area contributed by atoms with Gasteiger partial charge in [-0.05, 0) is 17.7 Å². The summed E-state index contributed by atoms with van der Waals surface area (Å²) in [4.78, 5) is 0. The fourth-order valence-electron chi connectivity index (χ4n) is 1.37. The predicted molar refractivity (Wildman–Crippen MR) is 62.7 cm³/mol. The van der Waals surface area contributed by atoms with Crippen LogP contribution >= 0.6 is 15.9 Å². The molecular weight excluding hydrogens is 256 g/mol. The summed E-state index contributed by atoms with van der Waals surface area (Å²) >= 11 is 3.41. The van der Waals surface area contributed by atoms with E-state index in [1.807, 2.05) is 18.2 Å². The molecule has 0 unspecified atom stereocenters. The van der Waals surface area contributed by atoms with Gasteiger partial charge in [0, 0.05) is 11.4 Å². The van der Waals surface area contributed by atoms with E-state index in [4.69, 9.17) is 4.74 Å². The summed E-state index contributed by atoms with van der Waals surface area (Å²) in [6, 6.07) is 9.99. The zero-order chi connectivity index (χ0) is 10.7. The summed E-state index contributed by atoms with van der Waals surface area (Å²) in [5, 5.41) is 5.06. The highest BCUT2D eigenvalue weighted by Gasteiger charge is 2.03. The molecule has 0 radical (unpaired) electrons. The van der Waals surface area contributed by atoms with Crippen LogP contribution in [0.1, 0.15) is 5.56 Å². The molecule has 0 aliphatic carbocycles. The van der Waals surface area contributed by atoms with E-state index < -0.39 is 0 Å². The predicted octanol–water partition coefficient (Wildman–Crippen LogP) is 2.78. The van der Waals surface area contributed by atoms with Gasteiger partial charge in [0.2, 0.25) is 5.88 Å². The molecule has 0 atom stereocenters. The first-order valence-corrected chi connectivity index (χ1v) is 5.70. The third-order valence-corrected chi connectivity index (χ3v) is 2.80. The van der Waals surface area contributed by atoms with Crippen molar-refractivity contribution in [1.82, 2.24) is 9.78 Å². The highest BCUT2D eigenvalue weighted by atomic mass is 79.9. The number of nitrogens with zero attached hydrogens (tertiary/aromatic N) is 2. The smallest absolute Gasteiger partial charge is 0.216 e. The Hall–Kier alpha value is -1.29. The van der Waals surface area contributed by atoms with Crippen molar-refractivity contribution in [2.24, 2.45) is 0 Å². The van der Waals surface area contributed by atoms with Gasteiger partial charge in [-0.2, -0.15) is 5.10 Å². The van der Waals surface area contributed by atoms with Crippen molar-refractivity contribution in [1.29, 1.82) is 0 Å². The summed E-state index contributed by atoms with van der Waals surface area (Å²) < 4.78 is 6.95. The highest BCUT2D eigenvalue weighted by Crippen LogP contribution is 2.17. The van der Waals surface area contributed by atoms with Crippen LogP contribution in [0.5, 0.6) is 5.88 Å². The number of hydrogen-bond acceptors (Lipinski definition) is 2. The Bertz CT molecular complexity index is 436. The van der Waals surface area contributed by atoms with Crippen molar-refractivity contribution in [3.63, 3.8) is 0 Å². The molecule has 2 rings (SSSR count). The normalized spacial score (nSPS) is 10.3. The molecular formula is C11H11BrN2O. The summed E-state index contributed by atoms with van der Waals surface area (Å²) in [6.45, 7) is 0. The molecule has 0 N–H and O–H groups in total. The highest BCUT2D eigenvalue weighted by molar-refractivity contribution is 9.08. The zero-order valence-corrected chi connectivity index (χ0v) is 9.94. The second kappa shape index (κ2) is 4.49. The number of ether oxygens (including phenoxy) is 1. The Morgan fingerprint density at radius 2 is 2.00 bits per heavy atom. The number of benzene rings is 1. The van der Waals surface area contributed by atoms with Gasteiger partial charge in [0.15, 0.2) is 0 Å². The van der Waals surface area contributed by atoms with E-state index in [0.29, 0.717) is 0 Å². The van der Waals surface area contributed by atoms with Crippen molar-refractivity contribution in [3.05, 3.63) is 42.1 Å². The van der Waals surface area contributed by atoms with Crippen LogP contribution in [0.2, 0.25) is 0 Å². The zero-order valence-electron chi connectivity index (χ0n) is 8.35. The third-order valence-electron chi connectivity index (χ3n) is 2.15. The van der Waals surface area contributed by atoms with Gasteiger partial charge in [0.1, 0.15) is 0 Å². The summed E-state index contributed by atoms with van der Waals surface area (Å²) in [5.74, 6) is 0.738. The van der Waals surface area contributed by atoms with Crippen molar-refractivity contribution < 1.29 is 4.74 Å². The van der Waals surface area contributed by atoms with Crippen LogP contribution in [0.4, 0.5) is 0 Å². The quantitative estimate of drug-likeness (QED) is 0.799. The lowest BCUT2D eigenvalue weighted by atomic mass is 10.2. The second-order valence-corrected chi connectivity index (χ2v) is 3.65. The maximum absolute atomic E-state index is 5.19. The average molecular weight is 267 g/mol. The SMILES string of the molecule is COc1ccnn1-c1ccc(CBr)cc1. The van der Waals surface area contributed by atoms with Crippen LogP contribution < -0.4 is 4.74 Å². The monoisotopic (exact) mass is 266 g/mol. The fraction of sp³-hybridized carbons (Fsp3) is 0.182. The molecule has 0 aliphatic rings. The molecule has 3 nitrogen and oxygen atoms in total. The maximum atomic E-state index is 5.19. The van der Waals surface area contributed by atoms with Crippen molar-refractivity contribution in [3.8, 4) is 11.6 Å². The van der Waals surface area contributed by atoms with E-state index in [0.717, 1.165) is 16.9 Å². The Morgan fingerprint density at radius 3 is 2.60 bits per heavy atom. The van der Waals surface area contributed by atoms with Gasteiger partial charge in [0.05, 0.1) is 19.0 Å². The van der Waals surface area contributed by atoms with Gasteiger partial charge in [-0.15, -0.1) is 0 Å². The molecule has 1 aromatic heterocycles. The van der Waals surface area contributed by atoms with Gasteiger partial charge < -0.3 is 4.74 Å². The van der Waals surface area contributed by atoms with Crippen LogP contribution in [-0.4, -0.2) is 16.9 Å². The van der Waals surface area contributed by atoms with Gasteiger partial charge in [0.25, 0.3) is 0 Å². The number of alkyl halides is 1. The van der Waals surface area contributed by atoms with Crippen LogP contribution in [0, 0.1) is 0 Å². The lowest BCUT2D eigenvalue weighted by Gasteiger charge is -2.06. The minimum Gasteiger partial charge on any atom is -0.481 e. The van der Waals surface area contributed by atoms with Crippen molar-refractivity contribution in [2.75, 3.05) is 7.11 Å². The van der Waals surface area contributed by atoms with E-state index in [1.54, 1.807) is 18.0 Å². The molecule has 0 saturated carbocycles. The Balaban J connectivity index is 2.37. The van der Waals surface area contributed by atoms with E-state index >= 15 is 0 Å². The molecule has 78 valence electrons. The van der Waals surface area contributed by atoms with Gasteiger partial charge in [-0.1, -0.05) is 28.1 Å². The van der Waals surface area contributed by atoms with Crippen molar-refractivity contribution in [2.45, 2.75) is 5.33 Å². The Labute approximate surface area is 96.8 Å². The minimum absolute atomic E-state index is 0.738. The minimum atomic E-state index is 0.738. The van der Waals surface area contributed by atoms with E-state index in [-0.39, 0.29) is 0 Å². The van der Waals surface area contributed by atoms with E-state index in [2.05, 4.69) is 33.2 Å². The molecule has 0 amide bonds. The molecule has 0 saturated heterocycles. The molecule has 15 heavy (non-hydrogen) atoms. The molecule has 0 bridgehead atoms. The number of methoxy groups -OCH3 is 1. The van der Waals surface area contributed by atoms with Crippen molar-refractivity contribution >= 4 is 15.9 Å². The molecule has 1 heterocycles. The fourth-order valence-corrected chi connectivity index (χ4v) is 1.74. The first-order valence-electron chi connectivity index (χ1n) is 4.58. The first-order chi connectivity index (χ1) is 7.35. The first kappa shape index (κ1) is 10.2. The van der Waals surface area contributed by atoms with Crippen LogP contribution in [0.25, 0.3) is 5.69 Å². The molecule has 0 fully saturated rings. The molecule has 4 heteroatoms. The number of aromatic nitrogens is 2. The summed E-state index contributed by atoms with van der Waals surface area (Å²) in [6.07, 6.45) is 1.72. The van der Waals surface area contributed by atoms with Gasteiger partial charge >= 0.3 is 0 Å². The number of rotatable bonds is 3. The number of hydrogen-bond donors (Lipinski definition) is 0. The lowest BCUT2D eigenvalue weighted by Crippen LogP contribution is -1.99. The van der Waals surface area contributed by atoms with E-state index in [9.17, 15) is 0 Å². The lowest BCUT2D eigenvalue weighted by molar-refractivity contribution is 0.383. The van der Waals surface area contributed by atoms with Gasteiger partial charge in [-0.3, -0.25) is 0 Å². The standard InChI is InChI=1S/C11H11BrN2O/c1-15-11-6-7-13-14(11)10-4-2-9(8-12)3-5-10/h2-7H,8H2,1H3. The molecule has 2 aromatic rings. The maximum Gasteiger partial charge on any atom is 0.216 e. The largest absolute Gasteiger partial charge is 0.481 e. The van der Waals surface area contributed by atoms with Crippen LogP contribution in [0.15, 0.2) is 36.5 Å². The Morgan fingerprint density at radius 1 is 1.27 bits per heavy atom. The molecule has 1 aromatic carbocycles. The molecule has 0 aliphatic heterocycles. The Kier molecular flexibility index (Phi) is 3.06.